The summed E-state index contributed by atoms with van der Waals surface area (Å²) in [4.78, 5) is 22.6. The number of hydrogen-bond acceptors (Lipinski definition) is 5. The Hall–Kier alpha value is -3.50. The number of amides is 1. The SMILES string of the molecule is O=C(Nc1cc([N+](=O)[O-])ccc1F)c1ccc(Cl)c(S(=O)(=O)N2CCc3ccccc32)c1. The van der Waals surface area contributed by atoms with E-state index in [0.717, 1.165) is 29.8 Å². The van der Waals surface area contributed by atoms with E-state index in [9.17, 15) is 27.7 Å². The van der Waals surface area contributed by atoms with Crippen LogP contribution in [0.1, 0.15) is 15.9 Å². The number of rotatable bonds is 5. The second-order valence-electron chi connectivity index (χ2n) is 6.98. The summed E-state index contributed by atoms with van der Waals surface area (Å²) in [6.45, 7) is 0.229. The molecule has 4 rings (SSSR count). The summed E-state index contributed by atoms with van der Waals surface area (Å²) in [5, 5.41) is 13.1. The van der Waals surface area contributed by atoms with E-state index in [1.807, 2.05) is 12.1 Å². The fourth-order valence-corrected chi connectivity index (χ4v) is 5.44. The summed E-state index contributed by atoms with van der Waals surface area (Å²) in [5.74, 6) is -1.72. The minimum atomic E-state index is -4.08. The second-order valence-corrected chi connectivity index (χ2v) is 9.21. The molecule has 11 heteroatoms. The first-order valence-electron chi connectivity index (χ1n) is 9.34. The molecule has 0 aliphatic carbocycles. The molecule has 0 fully saturated rings. The van der Waals surface area contributed by atoms with Crippen molar-refractivity contribution in [2.24, 2.45) is 0 Å². The van der Waals surface area contributed by atoms with Crippen molar-refractivity contribution in [3.63, 3.8) is 0 Å². The van der Waals surface area contributed by atoms with Gasteiger partial charge < -0.3 is 5.32 Å². The van der Waals surface area contributed by atoms with Crippen LogP contribution in [-0.4, -0.2) is 25.8 Å². The smallest absolute Gasteiger partial charge is 0.271 e. The van der Waals surface area contributed by atoms with Crippen LogP contribution in [0.15, 0.2) is 65.6 Å². The van der Waals surface area contributed by atoms with Gasteiger partial charge in [0.1, 0.15) is 10.7 Å². The quantitative estimate of drug-likeness (QED) is 0.434. The molecule has 0 aromatic heterocycles. The van der Waals surface area contributed by atoms with Gasteiger partial charge in [-0.05, 0) is 42.3 Å². The molecule has 0 spiro atoms. The van der Waals surface area contributed by atoms with Crippen molar-refractivity contribution in [2.45, 2.75) is 11.3 Å². The molecule has 1 aliphatic heterocycles. The number of nitro groups is 1. The number of nitrogens with one attached hydrogen (secondary N) is 1. The van der Waals surface area contributed by atoms with E-state index >= 15 is 0 Å². The van der Waals surface area contributed by atoms with E-state index in [0.29, 0.717) is 12.1 Å². The Bertz CT molecular complexity index is 1360. The molecule has 8 nitrogen and oxygen atoms in total. The van der Waals surface area contributed by atoms with Crippen molar-refractivity contribution in [3.05, 3.63) is 92.7 Å². The number of fused-ring (bicyclic) bond motifs is 1. The first-order valence-corrected chi connectivity index (χ1v) is 11.2. The first kappa shape index (κ1) is 21.7. The number of nitro benzene ring substituents is 1. The zero-order valence-electron chi connectivity index (χ0n) is 16.3. The van der Waals surface area contributed by atoms with Crippen LogP contribution in [0, 0.1) is 15.9 Å². The van der Waals surface area contributed by atoms with Gasteiger partial charge in [-0.3, -0.25) is 19.2 Å². The van der Waals surface area contributed by atoms with E-state index in [2.05, 4.69) is 5.32 Å². The summed E-state index contributed by atoms with van der Waals surface area (Å²) in [7, 11) is -4.08. The highest BCUT2D eigenvalue weighted by atomic mass is 35.5. The largest absolute Gasteiger partial charge is 0.319 e. The van der Waals surface area contributed by atoms with Crippen LogP contribution in [0.3, 0.4) is 0 Å². The molecule has 0 atom stereocenters. The van der Waals surface area contributed by atoms with Crippen molar-refractivity contribution in [1.82, 2.24) is 0 Å². The van der Waals surface area contributed by atoms with Crippen molar-refractivity contribution >= 4 is 44.6 Å². The van der Waals surface area contributed by atoms with Gasteiger partial charge in [-0.2, -0.15) is 0 Å². The molecule has 0 bridgehead atoms. The molecule has 0 saturated carbocycles. The lowest BCUT2D eigenvalue weighted by Gasteiger charge is -2.20. The molecule has 164 valence electrons. The number of non-ortho nitro benzene ring substituents is 1. The van der Waals surface area contributed by atoms with Crippen molar-refractivity contribution in [3.8, 4) is 0 Å². The minimum absolute atomic E-state index is 0.0764. The Kier molecular flexibility index (Phi) is 5.57. The van der Waals surface area contributed by atoms with Crippen LogP contribution in [0.4, 0.5) is 21.5 Å². The Balaban J connectivity index is 1.67. The maximum Gasteiger partial charge on any atom is 0.271 e. The van der Waals surface area contributed by atoms with Gasteiger partial charge in [0.2, 0.25) is 0 Å². The Labute approximate surface area is 187 Å². The molecule has 1 N–H and O–H groups in total. The fraction of sp³-hybridized carbons (Fsp3) is 0.0952. The monoisotopic (exact) mass is 475 g/mol. The highest BCUT2D eigenvalue weighted by Crippen LogP contribution is 2.35. The molecular weight excluding hydrogens is 461 g/mol. The standard InChI is InChI=1S/C21H15ClFN3O5S/c22-16-7-5-14(21(27)24-18-12-15(26(28)29)6-8-17(18)23)11-20(16)32(30,31)25-10-9-13-3-1-2-4-19(13)25/h1-8,11-12H,9-10H2,(H,24,27). The van der Waals surface area contributed by atoms with Gasteiger partial charge in [0, 0.05) is 24.2 Å². The molecule has 1 heterocycles. The van der Waals surface area contributed by atoms with Crippen molar-refractivity contribution in [2.75, 3.05) is 16.2 Å². The van der Waals surface area contributed by atoms with E-state index < -0.39 is 38.0 Å². The van der Waals surface area contributed by atoms with Crippen LogP contribution >= 0.6 is 11.6 Å². The molecule has 0 unspecified atom stereocenters. The fourth-order valence-electron chi connectivity index (χ4n) is 3.44. The zero-order chi connectivity index (χ0) is 23.0. The molecular formula is C21H15ClFN3O5S. The van der Waals surface area contributed by atoms with Crippen molar-refractivity contribution in [1.29, 1.82) is 0 Å². The lowest BCUT2D eigenvalue weighted by atomic mass is 10.2. The number of carbonyl (C=O) groups is 1. The van der Waals surface area contributed by atoms with Gasteiger partial charge in [0.05, 0.1) is 21.3 Å². The number of halogens is 2. The summed E-state index contributed by atoms with van der Waals surface area (Å²) >= 11 is 6.16. The van der Waals surface area contributed by atoms with Crippen LogP contribution in [0.25, 0.3) is 0 Å². The third-order valence-electron chi connectivity index (χ3n) is 5.01. The number of hydrogen-bond donors (Lipinski definition) is 1. The van der Waals surface area contributed by atoms with Crippen LogP contribution in [-0.2, 0) is 16.4 Å². The lowest BCUT2D eigenvalue weighted by molar-refractivity contribution is -0.384. The molecule has 0 saturated heterocycles. The Morgan fingerprint density at radius 3 is 2.62 bits per heavy atom. The molecule has 1 aliphatic rings. The van der Waals surface area contributed by atoms with Gasteiger partial charge in [0.15, 0.2) is 0 Å². The van der Waals surface area contributed by atoms with E-state index in [-0.39, 0.29) is 22.0 Å². The molecule has 1 amide bonds. The lowest BCUT2D eigenvalue weighted by Crippen LogP contribution is -2.29. The number of carbonyl (C=O) groups excluding carboxylic acids is 1. The zero-order valence-corrected chi connectivity index (χ0v) is 17.9. The first-order chi connectivity index (χ1) is 15.2. The van der Waals surface area contributed by atoms with Gasteiger partial charge >= 0.3 is 0 Å². The van der Waals surface area contributed by atoms with Crippen molar-refractivity contribution < 1.29 is 22.5 Å². The summed E-state index contributed by atoms with van der Waals surface area (Å²) in [6, 6.07) is 13.4. The van der Waals surface area contributed by atoms with E-state index in [1.54, 1.807) is 12.1 Å². The highest BCUT2D eigenvalue weighted by Gasteiger charge is 2.32. The van der Waals surface area contributed by atoms with E-state index in [4.69, 9.17) is 11.6 Å². The van der Waals surface area contributed by atoms with Gasteiger partial charge in [0.25, 0.3) is 21.6 Å². The number of benzene rings is 3. The minimum Gasteiger partial charge on any atom is -0.319 e. The molecule has 3 aromatic carbocycles. The number of sulfonamides is 1. The number of nitrogens with zero attached hydrogens (tertiary/aromatic N) is 2. The average Bonchev–Trinajstić information content (AvgIpc) is 3.20. The number of para-hydroxylation sites is 1. The maximum atomic E-state index is 14.0. The molecule has 0 radical (unpaired) electrons. The van der Waals surface area contributed by atoms with Crippen LogP contribution in [0.5, 0.6) is 0 Å². The Morgan fingerprint density at radius 2 is 1.88 bits per heavy atom. The summed E-state index contributed by atoms with van der Waals surface area (Å²) in [6.07, 6.45) is 0.541. The third kappa shape index (κ3) is 3.90. The van der Waals surface area contributed by atoms with Crippen LogP contribution < -0.4 is 9.62 Å². The van der Waals surface area contributed by atoms with Gasteiger partial charge in [-0.1, -0.05) is 29.8 Å². The highest BCUT2D eigenvalue weighted by molar-refractivity contribution is 7.93. The predicted molar refractivity (Wildman–Crippen MR) is 117 cm³/mol. The Morgan fingerprint density at radius 1 is 1.12 bits per heavy atom. The molecule has 32 heavy (non-hydrogen) atoms. The van der Waals surface area contributed by atoms with Crippen LogP contribution in [0.2, 0.25) is 5.02 Å². The number of anilines is 2. The second kappa shape index (κ2) is 8.21. The normalized spacial score (nSPS) is 13.0. The summed E-state index contributed by atoms with van der Waals surface area (Å²) in [5.41, 5.74) is 0.497. The molecule has 3 aromatic rings. The maximum absolute atomic E-state index is 14.0. The average molecular weight is 476 g/mol. The van der Waals surface area contributed by atoms with Gasteiger partial charge in [-0.15, -0.1) is 0 Å². The third-order valence-corrected chi connectivity index (χ3v) is 7.31. The predicted octanol–water partition coefficient (Wildman–Crippen LogP) is 4.39. The van der Waals surface area contributed by atoms with Gasteiger partial charge in [-0.25, -0.2) is 12.8 Å². The summed E-state index contributed by atoms with van der Waals surface area (Å²) < 4.78 is 41.9. The topological polar surface area (TPSA) is 110 Å². The van der Waals surface area contributed by atoms with E-state index in [1.165, 1.54) is 16.4 Å².